The van der Waals surface area contributed by atoms with Gasteiger partial charge in [-0.05, 0) is 37.6 Å². The Morgan fingerprint density at radius 1 is 1.50 bits per heavy atom. The normalized spacial score (nSPS) is 23.1. The van der Waals surface area contributed by atoms with E-state index in [1.165, 1.54) is 6.42 Å². The first-order chi connectivity index (χ1) is 8.34. The van der Waals surface area contributed by atoms with E-state index in [4.69, 9.17) is 10.5 Å². The van der Waals surface area contributed by atoms with Gasteiger partial charge in [0.15, 0.2) is 0 Å². The van der Waals surface area contributed by atoms with Crippen molar-refractivity contribution in [2.75, 3.05) is 26.2 Å². The average molecular weight is 256 g/mol. The van der Waals surface area contributed by atoms with Gasteiger partial charge in [-0.15, -0.1) is 0 Å². The number of likely N-dealkylation sites (tertiary alicyclic amines) is 1. The Balaban J connectivity index is 2.27. The maximum Gasteiger partial charge on any atom is 0.322 e. The summed E-state index contributed by atoms with van der Waals surface area (Å²) in [5, 5.41) is 0. The van der Waals surface area contributed by atoms with E-state index in [9.17, 15) is 4.79 Å². The van der Waals surface area contributed by atoms with E-state index in [0.717, 1.165) is 25.6 Å². The monoisotopic (exact) mass is 256 g/mol. The van der Waals surface area contributed by atoms with E-state index in [1.807, 2.05) is 0 Å². The molecule has 2 atom stereocenters. The van der Waals surface area contributed by atoms with Crippen LogP contribution in [0.4, 0.5) is 0 Å². The molecule has 0 aromatic heterocycles. The van der Waals surface area contributed by atoms with Crippen molar-refractivity contribution >= 4 is 5.97 Å². The lowest BCUT2D eigenvalue weighted by Crippen LogP contribution is -2.36. The number of carbonyl (C=O) groups is 1. The smallest absolute Gasteiger partial charge is 0.322 e. The van der Waals surface area contributed by atoms with Crippen LogP contribution in [0, 0.1) is 11.3 Å². The van der Waals surface area contributed by atoms with Gasteiger partial charge in [0, 0.05) is 13.1 Å². The molecule has 1 aliphatic rings. The van der Waals surface area contributed by atoms with E-state index in [1.54, 1.807) is 6.92 Å². The quantitative estimate of drug-likeness (QED) is 0.760. The fourth-order valence-corrected chi connectivity index (χ4v) is 2.43. The molecule has 2 N–H and O–H groups in total. The molecule has 4 nitrogen and oxygen atoms in total. The van der Waals surface area contributed by atoms with Crippen LogP contribution in [0.3, 0.4) is 0 Å². The molecule has 1 aliphatic heterocycles. The second-order valence-corrected chi connectivity index (χ2v) is 6.30. The summed E-state index contributed by atoms with van der Waals surface area (Å²) >= 11 is 0. The van der Waals surface area contributed by atoms with Gasteiger partial charge in [-0.3, -0.25) is 4.79 Å². The van der Waals surface area contributed by atoms with Crippen molar-refractivity contribution in [3.05, 3.63) is 0 Å². The Morgan fingerprint density at radius 2 is 2.17 bits per heavy atom. The Morgan fingerprint density at radius 3 is 2.67 bits per heavy atom. The van der Waals surface area contributed by atoms with Crippen LogP contribution < -0.4 is 5.73 Å². The summed E-state index contributed by atoms with van der Waals surface area (Å²) in [7, 11) is 0. The van der Waals surface area contributed by atoms with Crippen LogP contribution in [0.5, 0.6) is 0 Å². The zero-order valence-electron chi connectivity index (χ0n) is 12.2. The van der Waals surface area contributed by atoms with Gasteiger partial charge >= 0.3 is 5.97 Å². The summed E-state index contributed by atoms with van der Waals surface area (Å²) in [5.74, 6) is 0.473. The zero-order chi connectivity index (χ0) is 13.8. The van der Waals surface area contributed by atoms with Crippen LogP contribution >= 0.6 is 0 Å². The highest BCUT2D eigenvalue weighted by Crippen LogP contribution is 2.33. The second-order valence-electron chi connectivity index (χ2n) is 6.30. The van der Waals surface area contributed by atoms with Crippen LogP contribution in [-0.2, 0) is 9.53 Å². The van der Waals surface area contributed by atoms with Crippen molar-refractivity contribution in [2.24, 2.45) is 17.1 Å². The van der Waals surface area contributed by atoms with Crippen molar-refractivity contribution in [3.8, 4) is 0 Å². The summed E-state index contributed by atoms with van der Waals surface area (Å²) in [5.41, 5.74) is 6.17. The molecule has 18 heavy (non-hydrogen) atoms. The Labute approximate surface area is 111 Å². The number of rotatable bonds is 5. The molecule has 0 bridgehead atoms. The molecule has 1 heterocycles. The second kappa shape index (κ2) is 6.53. The van der Waals surface area contributed by atoms with E-state index < -0.39 is 6.04 Å². The molecule has 0 spiro atoms. The number of hydrogen-bond donors (Lipinski definition) is 1. The lowest BCUT2D eigenvalue weighted by molar-refractivity contribution is -0.144. The summed E-state index contributed by atoms with van der Waals surface area (Å²) in [6.45, 7) is 12.2. The highest BCUT2D eigenvalue weighted by Gasteiger charge is 2.31. The largest absolute Gasteiger partial charge is 0.465 e. The zero-order valence-corrected chi connectivity index (χ0v) is 12.2. The average Bonchev–Trinajstić information content (AvgIpc) is 2.74. The molecule has 2 unspecified atom stereocenters. The molecule has 1 rings (SSSR count). The third-order valence-electron chi connectivity index (χ3n) is 3.84. The summed E-state index contributed by atoms with van der Waals surface area (Å²) in [4.78, 5) is 13.8. The first-order valence-corrected chi connectivity index (χ1v) is 6.99. The maximum absolute atomic E-state index is 11.4. The molecule has 0 amide bonds. The maximum atomic E-state index is 11.4. The third-order valence-corrected chi connectivity index (χ3v) is 3.84. The minimum Gasteiger partial charge on any atom is -0.465 e. The van der Waals surface area contributed by atoms with Gasteiger partial charge in [0.05, 0.1) is 6.61 Å². The summed E-state index contributed by atoms with van der Waals surface area (Å²) < 4.78 is 4.91. The van der Waals surface area contributed by atoms with Crippen LogP contribution in [0.25, 0.3) is 0 Å². The molecule has 0 aromatic carbocycles. The standard InChI is InChI=1S/C14H28N2O2/c1-5-18-13(17)12(15)7-9-16-8-6-11(10-16)14(2,3)4/h11-12H,5-10,15H2,1-4H3. The summed E-state index contributed by atoms with van der Waals surface area (Å²) in [6, 6.07) is -0.473. The number of esters is 1. The first-order valence-electron chi connectivity index (χ1n) is 6.99. The van der Waals surface area contributed by atoms with Gasteiger partial charge in [0.1, 0.15) is 6.04 Å². The van der Waals surface area contributed by atoms with E-state index in [-0.39, 0.29) is 5.97 Å². The van der Waals surface area contributed by atoms with Crippen LogP contribution in [-0.4, -0.2) is 43.2 Å². The van der Waals surface area contributed by atoms with Crippen molar-refractivity contribution in [3.63, 3.8) is 0 Å². The van der Waals surface area contributed by atoms with Gasteiger partial charge in [-0.25, -0.2) is 0 Å². The molecule has 0 aromatic rings. The lowest BCUT2D eigenvalue weighted by atomic mass is 9.80. The number of nitrogens with two attached hydrogens (primary N) is 1. The number of nitrogens with zero attached hydrogens (tertiary/aromatic N) is 1. The highest BCUT2D eigenvalue weighted by atomic mass is 16.5. The van der Waals surface area contributed by atoms with Gasteiger partial charge < -0.3 is 15.4 Å². The molecule has 1 saturated heterocycles. The van der Waals surface area contributed by atoms with Gasteiger partial charge in [0.25, 0.3) is 0 Å². The van der Waals surface area contributed by atoms with Crippen molar-refractivity contribution in [2.45, 2.75) is 46.6 Å². The minimum atomic E-state index is -0.473. The van der Waals surface area contributed by atoms with Crippen molar-refractivity contribution < 1.29 is 9.53 Å². The molecular weight excluding hydrogens is 228 g/mol. The predicted molar refractivity (Wildman–Crippen MR) is 73.2 cm³/mol. The van der Waals surface area contributed by atoms with Gasteiger partial charge in [-0.1, -0.05) is 20.8 Å². The number of hydrogen-bond acceptors (Lipinski definition) is 4. The Bertz CT molecular complexity index is 273. The molecule has 0 radical (unpaired) electrons. The summed E-state index contributed by atoms with van der Waals surface area (Å²) in [6.07, 6.45) is 1.94. The van der Waals surface area contributed by atoms with E-state index in [0.29, 0.717) is 18.4 Å². The third kappa shape index (κ3) is 4.58. The van der Waals surface area contributed by atoms with Crippen molar-refractivity contribution in [1.82, 2.24) is 4.90 Å². The van der Waals surface area contributed by atoms with Crippen LogP contribution in [0.15, 0.2) is 0 Å². The Kier molecular flexibility index (Phi) is 5.60. The van der Waals surface area contributed by atoms with Crippen LogP contribution in [0.1, 0.15) is 40.5 Å². The van der Waals surface area contributed by atoms with Crippen LogP contribution in [0.2, 0.25) is 0 Å². The van der Waals surface area contributed by atoms with Crippen molar-refractivity contribution in [1.29, 1.82) is 0 Å². The molecule has 1 fully saturated rings. The van der Waals surface area contributed by atoms with E-state index in [2.05, 4.69) is 25.7 Å². The molecule has 4 heteroatoms. The predicted octanol–water partition coefficient (Wildman–Crippen LogP) is 1.63. The first kappa shape index (κ1) is 15.4. The topological polar surface area (TPSA) is 55.6 Å². The SMILES string of the molecule is CCOC(=O)C(N)CCN1CCC(C(C)(C)C)C1. The highest BCUT2D eigenvalue weighted by molar-refractivity contribution is 5.75. The fourth-order valence-electron chi connectivity index (χ4n) is 2.43. The molecule has 0 aliphatic carbocycles. The Hall–Kier alpha value is -0.610. The number of ether oxygens (including phenoxy) is 1. The molecule has 0 saturated carbocycles. The minimum absolute atomic E-state index is 0.274. The lowest BCUT2D eigenvalue weighted by Gasteiger charge is -2.27. The van der Waals surface area contributed by atoms with E-state index >= 15 is 0 Å². The molecular formula is C14H28N2O2. The van der Waals surface area contributed by atoms with Gasteiger partial charge in [0.2, 0.25) is 0 Å². The molecule has 106 valence electrons. The fraction of sp³-hybridized carbons (Fsp3) is 0.929. The van der Waals surface area contributed by atoms with Gasteiger partial charge in [-0.2, -0.15) is 0 Å². The number of carbonyl (C=O) groups excluding carboxylic acids is 1.